The molecule has 0 heterocycles. The van der Waals surface area contributed by atoms with Crippen LogP contribution in [0.3, 0.4) is 0 Å². The molecule has 2 atom stereocenters. The van der Waals surface area contributed by atoms with E-state index in [4.69, 9.17) is 0 Å². The molecule has 0 spiro atoms. The number of amides is 1. The normalized spacial score (nSPS) is 32.2. The average Bonchev–Trinajstić information content (AvgIpc) is 2.85. The molecule has 15 heavy (non-hydrogen) atoms. The van der Waals surface area contributed by atoms with Crippen LogP contribution in [-0.2, 0) is 4.79 Å². The number of fused-ring (bicyclic) bond motifs is 1. The first kappa shape index (κ1) is 10.7. The van der Waals surface area contributed by atoms with Gasteiger partial charge in [0.05, 0.1) is 0 Å². The Hall–Kier alpha value is -0.790. The summed E-state index contributed by atoms with van der Waals surface area (Å²) < 4.78 is 0. The van der Waals surface area contributed by atoms with Crippen LogP contribution in [-0.4, -0.2) is 24.4 Å². The van der Waals surface area contributed by atoms with E-state index >= 15 is 0 Å². The van der Waals surface area contributed by atoms with E-state index in [1.165, 1.54) is 6.42 Å². The minimum atomic E-state index is 0.350. The highest BCUT2D eigenvalue weighted by Crippen LogP contribution is 2.54. The fourth-order valence-electron chi connectivity index (χ4n) is 2.81. The second kappa shape index (κ2) is 4.38. The van der Waals surface area contributed by atoms with Crippen LogP contribution in [0.25, 0.3) is 0 Å². The molecule has 2 rings (SSSR count). The number of carbonyl (C=O) groups is 1. The van der Waals surface area contributed by atoms with Gasteiger partial charge in [0, 0.05) is 19.5 Å². The Kier molecular flexibility index (Phi) is 3.13. The van der Waals surface area contributed by atoms with Gasteiger partial charge in [-0.15, -0.1) is 6.58 Å². The van der Waals surface area contributed by atoms with Gasteiger partial charge in [-0.1, -0.05) is 6.08 Å². The molecule has 0 aromatic rings. The number of hydrogen-bond acceptors (Lipinski definition) is 1. The first-order valence-electron chi connectivity index (χ1n) is 6.08. The summed E-state index contributed by atoms with van der Waals surface area (Å²) in [5.74, 6) is 2.54. The van der Waals surface area contributed by atoms with E-state index in [2.05, 4.69) is 6.58 Å². The summed E-state index contributed by atoms with van der Waals surface area (Å²) in [7, 11) is 1.94. The van der Waals surface area contributed by atoms with Gasteiger partial charge in [0.1, 0.15) is 0 Å². The molecule has 0 aliphatic heterocycles. The summed E-state index contributed by atoms with van der Waals surface area (Å²) in [5, 5.41) is 0. The molecular weight excluding hydrogens is 186 g/mol. The van der Waals surface area contributed by atoms with Gasteiger partial charge >= 0.3 is 0 Å². The van der Waals surface area contributed by atoms with Crippen LogP contribution in [0, 0.1) is 17.8 Å². The molecule has 0 bridgehead atoms. The van der Waals surface area contributed by atoms with Gasteiger partial charge in [0.25, 0.3) is 0 Å². The zero-order valence-electron chi connectivity index (χ0n) is 9.61. The summed E-state index contributed by atoms with van der Waals surface area (Å²) in [5.41, 5.74) is 0. The molecule has 2 nitrogen and oxygen atoms in total. The van der Waals surface area contributed by atoms with Crippen LogP contribution in [0.1, 0.15) is 32.1 Å². The topological polar surface area (TPSA) is 20.3 Å². The van der Waals surface area contributed by atoms with Crippen LogP contribution < -0.4 is 0 Å². The molecule has 84 valence electrons. The van der Waals surface area contributed by atoms with Gasteiger partial charge in [0.2, 0.25) is 5.91 Å². The van der Waals surface area contributed by atoms with Crippen molar-refractivity contribution in [1.29, 1.82) is 0 Å². The number of carbonyl (C=O) groups excluding carboxylic acids is 1. The molecule has 2 saturated carbocycles. The molecule has 2 aliphatic rings. The number of hydrogen-bond donors (Lipinski definition) is 0. The van der Waals surface area contributed by atoms with Crippen molar-refractivity contribution in [2.75, 3.05) is 13.6 Å². The quantitative estimate of drug-likeness (QED) is 0.501. The van der Waals surface area contributed by atoms with E-state index in [9.17, 15) is 4.79 Å². The van der Waals surface area contributed by atoms with Gasteiger partial charge in [-0.05, 0) is 43.9 Å². The zero-order chi connectivity index (χ0) is 10.8. The largest absolute Gasteiger partial charge is 0.346 e. The molecule has 0 N–H and O–H groups in total. The van der Waals surface area contributed by atoms with E-state index in [1.54, 1.807) is 0 Å². The number of rotatable bonds is 5. The Morgan fingerprint density at radius 3 is 2.67 bits per heavy atom. The van der Waals surface area contributed by atoms with E-state index < -0.39 is 0 Å². The molecule has 0 aromatic heterocycles. The lowest BCUT2D eigenvalue weighted by molar-refractivity contribution is -0.134. The minimum absolute atomic E-state index is 0.350. The van der Waals surface area contributed by atoms with Gasteiger partial charge in [-0.3, -0.25) is 4.79 Å². The lowest BCUT2D eigenvalue weighted by Gasteiger charge is -2.21. The molecule has 2 unspecified atom stereocenters. The Balaban J connectivity index is 1.72. The van der Waals surface area contributed by atoms with Crippen LogP contribution >= 0.6 is 0 Å². The molecule has 2 heteroatoms. The van der Waals surface area contributed by atoms with Crippen LogP contribution in [0.5, 0.6) is 0 Å². The van der Waals surface area contributed by atoms with Crippen molar-refractivity contribution in [2.24, 2.45) is 17.8 Å². The highest BCUT2D eigenvalue weighted by atomic mass is 16.2. The Bertz CT molecular complexity index is 251. The lowest BCUT2D eigenvalue weighted by atomic mass is 10.0. The molecule has 2 fully saturated rings. The Morgan fingerprint density at radius 1 is 1.40 bits per heavy atom. The predicted octanol–water partition coefficient (Wildman–Crippen LogP) is 2.46. The third-order valence-corrected chi connectivity index (χ3v) is 3.87. The van der Waals surface area contributed by atoms with Crippen LogP contribution in [0.2, 0.25) is 0 Å². The maximum atomic E-state index is 12.0. The summed E-state index contributed by atoms with van der Waals surface area (Å²) in [4.78, 5) is 13.9. The zero-order valence-corrected chi connectivity index (χ0v) is 9.61. The first-order chi connectivity index (χ1) is 7.22. The summed E-state index contributed by atoms with van der Waals surface area (Å²) in [6, 6.07) is 0. The third-order valence-electron chi connectivity index (χ3n) is 3.87. The van der Waals surface area contributed by atoms with Gasteiger partial charge in [-0.2, -0.15) is 0 Å². The molecule has 1 amide bonds. The fraction of sp³-hybridized carbons (Fsp3) is 0.769. The molecule has 2 aliphatic carbocycles. The number of nitrogens with zero attached hydrogens (tertiary/aromatic N) is 1. The number of unbranched alkanes of at least 4 members (excludes halogenated alkanes) is 1. The summed E-state index contributed by atoms with van der Waals surface area (Å²) >= 11 is 0. The Labute approximate surface area is 92.3 Å². The van der Waals surface area contributed by atoms with E-state index in [-0.39, 0.29) is 0 Å². The minimum Gasteiger partial charge on any atom is -0.346 e. The van der Waals surface area contributed by atoms with Crippen molar-refractivity contribution in [3.8, 4) is 0 Å². The summed E-state index contributed by atoms with van der Waals surface area (Å²) in [6.07, 6.45) is 7.69. The second-order valence-corrected chi connectivity index (χ2v) is 5.11. The van der Waals surface area contributed by atoms with Crippen molar-refractivity contribution in [1.82, 2.24) is 4.90 Å². The monoisotopic (exact) mass is 207 g/mol. The first-order valence-corrected chi connectivity index (χ1v) is 6.08. The lowest BCUT2D eigenvalue weighted by Crippen LogP contribution is -2.33. The van der Waals surface area contributed by atoms with Crippen molar-refractivity contribution >= 4 is 5.91 Å². The fourth-order valence-corrected chi connectivity index (χ4v) is 2.81. The van der Waals surface area contributed by atoms with Crippen LogP contribution in [0.4, 0.5) is 0 Å². The van der Waals surface area contributed by atoms with Gasteiger partial charge in [-0.25, -0.2) is 0 Å². The SMILES string of the molecule is C=CCCCN(C)C(=O)C1CC2CC2C1. The third kappa shape index (κ3) is 2.42. The van der Waals surface area contributed by atoms with Crippen LogP contribution in [0.15, 0.2) is 12.7 Å². The van der Waals surface area contributed by atoms with Gasteiger partial charge in [0.15, 0.2) is 0 Å². The van der Waals surface area contributed by atoms with Crippen molar-refractivity contribution < 1.29 is 4.79 Å². The van der Waals surface area contributed by atoms with Crippen molar-refractivity contribution in [3.05, 3.63) is 12.7 Å². The predicted molar refractivity (Wildman–Crippen MR) is 61.4 cm³/mol. The molecule has 0 saturated heterocycles. The maximum absolute atomic E-state index is 12.0. The second-order valence-electron chi connectivity index (χ2n) is 5.11. The van der Waals surface area contributed by atoms with E-state index in [0.29, 0.717) is 11.8 Å². The summed E-state index contributed by atoms with van der Waals surface area (Å²) in [6.45, 7) is 4.58. The van der Waals surface area contributed by atoms with E-state index in [0.717, 1.165) is 44.1 Å². The standard InChI is InChI=1S/C13H21NO/c1-3-4-5-6-14(2)13(15)12-8-10-7-11(10)9-12/h3,10-12H,1,4-9H2,2H3. The van der Waals surface area contributed by atoms with Crippen molar-refractivity contribution in [2.45, 2.75) is 32.1 Å². The van der Waals surface area contributed by atoms with Gasteiger partial charge < -0.3 is 4.90 Å². The van der Waals surface area contributed by atoms with E-state index in [1.807, 2.05) is 18.0 Å². The average molecular weight is 207 g/mol. The highest BCUT2D eigenvalue weighted by Gasteiger charge is 2.48. The molecule has 0 aromatic carbocycles. The number of allylic oxidation sites excluding steroid dienone is 1. The highest BCUT2D eigenvalue weighted by molar-refractivity contribution is 5.79. The Morgan fingerprint density at radius 2 is 2.07 bits per heavy atom. The maximum Gasteiger partial charge on any atom is 0.225 e. The van der Waals surface area contributed by atoms with Crippen molar-refractivity contribution in [3.63, 3.8) is 0 Å². The molecular formula is C13H21NO. The molecule has 0 radical (unpaired) electrons. The smallest absolute Gasteiger partial charge is 0.225 e.